The number of hydrogen-bond acceptors (Lipinski definition) is 8. The molecule has 1 amide bonds. The van der Waals surface area contributed by atoms with Crippen molar-refractivity contribution in [2.75, 3.05) is 11.9 Å². The summed E-state index contributed by atoms with van der Waals surface area (Å²) in [7, 11) is -4.42. The molecule has 3 atom stereocenters. The standard InChI is InChI=1S/C31H38N4O9S/c1-2-3-4-5-9-25(34-19-28(33-20-34)32-17-22-8-6-7-10-27(22)45(41,42)43)30(38)35-18-24(16-26(35)31(39)40)44-23-13-11-21(12-14-23)15-29(36)37/h6-8,10-14,19-20,24-26,32H,2-5,9,15-18H2,1H3,(H,36,37)(H,39,40)(H,41,42,43)/t24-,25+,26-/m0/s1. The highest BCUT2D eigenvalue weighted by Gasteiger charge is 2.43. The molecule has 3 aromatic rings. The van der Waals surface area contributed by atoms with E-state index in [2.05, 4.69) is 17.2 Å². The first-order valence-electron chi connectivity index (χ1n) is 14.8. The Balaban J connectivity index is 1.50. The zero-order valence-electron chi connectivity index (χ0n) is 24.9. The van der Waals surface area contributed by atoms with Gasteiger partial charge >= 0.3 is 11.9 Å². The number of carboxylic acid groups (broad SMARTS) is 2. The number of likely N-dealkylation sites (tertiary alicyclic amines) is 1. The van der Waals surface area contributed by atoms with Gasteiger partial charge in [-0.2, -0.15) is 8.42 Å². The van der Waals surface area contributed by atoms with Crippen LogP contribution in [-0.2, 0) is 37.5 Å². The van der Waals surface area contributed by atoms with Crippen molar-refractivity contribution >= 4 is 33.8 Å². The molecular formula is C31H38N4O9S. The minimum atomic E-state index is -4.42. The number of carboxylic acids is 2. The van der Waals surface area contributed by atoms with E-state index in [1.54, 1.807) is 47.2 Å². The highest BCUT2D eigenvalue weighted by molar-refractivity contribution is 7.85. The largest absolute Gasteiger partial charge is 0.488 e. The van der Waals surface area contributed by atoms with Crippen LogP contribution in [0.25, 0.3) is 0 Å². The van der Waals surface area contributed by atoms with Gasteiger partial charge < -0.3 is 29.7 Å². The molecule has 1 saturated heterocycles. The average Bonchev–Trinajstić information content (AvgIpc) is 3.64. The Bertz CT molecular complexity index is 1590. The van der Waals surface area contributed by atoms with Crippen LogP contribution < -0.4 is 10.1 Å². The second-order valence-electron chi connectivity index (χ2n) is 11.0. The lowest BCUT2D eigenvalue weighted by atomic mass is 10.1. The van der Waals surface area contributed by atoms with E-state index in [0.29, 0.717) is 29.1 Å². The highest BCUT2D eigenvalue weighted by Crippen LogP contribution is 2.29. The molecule has 0 saturated carbocycles. The monoisotopic (exact) mass is 642 g/mol. The van der Waals surface area contributed by atoms with Crippen molar-refractivity contribution in [3.63, 3.8) is 0 Å². The van der Waals surface area contributed by atoms with Gasteiger partial charge in [0.15, 0.2) is 0 Å². The maximum atomic E-state index is 14.0. The van der Waals surface area contributed by atoms with Crippen molar-refractivity contribution in [3.8, 4) is 5.75 Å². The quantitative estimate of drug-likeness (QED) is 0.131. The molecule has 1 aliphatic heterocycles. The van der Waals surface area contributed by atoms with Crippen molar-refractivity contribution in [2.24, 2.45) is 0 Å². The molecule has 1 aliphatic rings. The zero-order valence-corrected chi connectivity index (χ0v) is 25.7. The first kappa shape index (κ1) is 33.5. The van der Waals surface area contributed by atoms with E-state index >= 15 is 0 Å². The van der Waals surface area contributed by atoms with Crippen molar-refractivity contribution in [3.05, 3.63) is 72.2 Å². The molecule has 0 radical (unpaired) electrons. The summed E-state index contributed by atoms with van der Waals surface area (Å²) in [5.41, 5.74) is 0.940. The van der Waals surface area contributed by atoms with Gasteiger partial charge in [0, 0.05) is 19.2 Å². The number of ether oxygens (including phenoxy) is 1. The Morgan fingerprint density at radius 1 is 1.07 bits per heavy atom. The van der Waals surface area contributed by atoms with Gasteiger partial charge in [0.05, 0.1) is 24.2 Å². The van der Waals surface area contributed by atoms with Crippen LogP contribution in [0.15, 0.2) is 66.0 Å². The lowest BCUT2D eigenvalue weighted by molar-refractivity contribution is -0.149. The van der Waals surface area contributed by atoms with Crippen LogP contribution in [-0.4, -0.2) is 74.2 Å². The molecule has 2 aromatic carbocycles. The topological polar surface area (TPSA) is 188 Å². The first-order valence-corrected chi connectivity index (χ1v) is 16.2. The molecule has 1 aromatic heterocycles. The third kappa shape index (κ3) is 9.05. The Morgan fingerprint density at radius 2 is 1.80 bits per heavy atom. The van der Waals surface area contributed by atoms with Crippen LogP contribution in [0.4, 0.5) is 5.82 Å². The zero-order chi connectivity index (χ0) is 32.6. The van der Waals surface area contributed by atoms with Crippen LogP contribution in [0.1, 0.15) is 62.6 Å². The number of rotatable bonds is 16. The first-order chi connectivity index (χ1) is 21.5. The summed E-state index contributed by atoms with van der Waals surface area (Å²) >= 11 is 0. The normalized spacial score (nSPS) is 17.2. The van der Waals surface area contributed by atoms with Gasteiger partial charge in [-0.05, 0) is 35.7 Å². The number of aliphatic carboxylic acids is 2. The Kier molecular flexibility index (Phi) is 11.2. The van der Waals surface area contributed by atoms with Crippen LogP contribution in [0.3, 0.4) is 0 Å². The number of anilines is 1. The number of nitrogens with one attached hydrogen (secondary N) is 1. The molecular weight excluding hydrogens is 604 g/mol. The molecule has 0 unspecified atom stereocenters. The third-order valence-corrected chi connectivity index (χ3v) is 8.65. The summed E-state index contributed by atoms with van der Waals surface area (Å²) in [6.45, 7) is 2.19. The molecule has 14 heteroatoms. The van der Waals surface area contributed by atoms with Crippen molar-refractivity contribution in [1.29, 1.82) is 0 Å². The van der Waals surface area contributed by atoms with Gasteiger partial charge in [-0.1, -0.05) is 62.9 Å². The summed E-state index contributed by atoms with van der Waals surface area (Å²) in [5, 5.41) is 22.0. The maximum absolute atomic E-state index is 14.0. The van der Waals surface area contributed by atoms with E-state index < -0.39 is 40.2 Å². The maximum Gasteiger partial charge on any atom is 0.326 e. The molecule has 4 N–H and O–H groups in total. The Labute approximate surface area is 261 Å². The summed E-state index contributed by atoms with van der Waals surface area (Å²) in [6, 6.07) is 10.7. The molecule has 242 valence electrons. The second-order valence-corrected chi connectivity index (χ2v) is 12.4. The number of amides is 1. The van der Waals surface area contributed by atoms with E-state index in [-0.39, 0.29) is 36.7 Å². The highest BCUT2D eigenvalue weighted by atomic mass is 32.2. The smallest absolute Gasteiger partial charge is 0.326 e. The van der Waals surface area contributed by atoms with E-state index in [1.165, 1.54) is 23.4 Å². The van der Waals surface area contributed by atoms with Crippen molar-refractivity contribution in [2.45, 2.75) is 81.5 Å². The number of aromatic nitrogens is 2. The van der Waals surface area contributed by atoms with Gasteiger partial charge in [0.1, 0.15) is 29.8 Å². The Morgan fingerprint density at radius 3 is 2.47 bits per heavy atom. The predicted octanol–water partition coefficient (Wildman–Crippen LogP) is 4.01. The number of carbonyl (C=O) groups is 3. The molecule has 4 rings (SSSR count). The minimum Gasteiger partial charge on any atom is -0.488 e. The van der Waals surface area contributed by atoms with Crippen LogP contribution in [0.2, 0.25) is 0 Å². The second kappa shape index (κ2) is 15.0. The Hall–Kier alpha value is -4.43. The van der Waals surface area contributed by atoms with Crippen molar-refractivity contribution in [1.82, 2.24) is 14.5 Å². The number of hydrogen-bond donors (Lipinski definition) is 4. The van der Waals surface area contributed by atoms with Crippen LogP contribution in [0.5, 0.6) is 5.75 Å². The number of imidazole rings is 1. The predicted molar refractivity (Wildman–Crippen MR) is 164 cm³/mol. The lowest BCUT2D eigenvalue weighted by Gasteiger charge is -2.27. The fraction of sp³-hybridized carbons (Fsp3) is 0.419. The van der Waals surface area contributed by atoms with Crippen molar-refractivity contribution < 1.29 is 42.3 Å². The summed E-state index contributed by atoms with van der Waals surface area (Å²) in [6.07, 6.45) is 6.58. The number of unbranched alkanes of at least 4 members (excludes halogenated alkanes) is 3. The number of benzene rings is 2. The fourth-order valence-electron chi connectivity index (χ4n) is 5.46. The van der Waals surface area contributed by atoms with Gasteiger partial charge in [-0.15, -0.1) is 0 Å². The van der Waals surface area contributed by atoms with Gasteiger partial charge in [-0.25, -0.2) is 9.78 Å². The SMILES string of the molecule is CCCCCC[C@H](C(=O)N1C[C@@H](Oc2ccc(CC(=O)O)cc2)C[C@H]1C(=O)O)n1cnc(NCc2ccccc2S(=O)(=O)O)c1. The summed E-state index contributed by atoms with van der Waals surface area (Å²) in [5.74, 6) is -1.64. The molecule has 45 heavy (non-hydrogen) atoms. The molecule has 1 fully saturated rings. The van der Waals surface area contributed by atoms with Crippen LogP contribution in [0, 0.1) is 0 Å². The van der Waals surface area contributed by atoms with E-state index in [4.69, 9.17) is 9.84 Å². The fourth-order valence-corrected chi connectivity index (χ4v) is 6.18. The van der Waals surface area contributed by atoms with E-state index in [0.717, 1.165) is 25.7 Å². The molecule has 2 heterocycles. The summed E-state index contributed by atoms with van der Waals surface area (Å²) in [4.78, 5) is 42.7. The van der Waals surface area contributed by atoms with Gasteiger partial charge in [0.2, 0.25) is 5.91 Å². The van der Waals surface area contributed by atoms with Crippen LogP contribution >= 0.6 is 0 Å². The lowest BCUT2D eigenvalue weighted by Crippen LogP contribution is -2.44. The number of nitrogens with zero attached hydrogens (tertiary/aromatic N) is 3. The van der Waals surface area contributed by atoms with Gasteiger partial charge in [-0.3, -0.25) is 14.1 Å². The van der Waals surface area contributed by atoms with E-state index in [9.17, 15) is 32.5 Å². The van der Waals surface area contributed by atoms with Gasteiger partial charge in [0.25, 0.3) is 10.1 Å². The minimum absolute atomic E-state index is 0.0472. The molecule has 0 aliphatic carbocycles. The third-order valence-electron chi connectivity index (χ3n) is 7.70. The molecule has 0 bridgehead atoms. The molecule has 0 spiro atoms. The molecule has 13 nitrogen and oxygen atoms in total. The summed E-state index contributed by atoms with van der Waals surface area (Å²) < 4.78 is 40.7. The van der Waals surface area contributed by atoms with E-state index in [1.807, 2.05) is 0 Å². The number of carbonyl (C=O) groups excluding carboxylic acids is 1. The average molecular weight is 643 g/mol.